The average molecular weight is 304 g/mol. The third-order valence-electron chi connectivity index (χ3n) is 2.28. The van der Waals surface area contributed by atoms with Crippen LogP contribution in [0.25, 0.3) is 0 Å². The van der Waals surface area contributed by atoms with Gasteiger partial charge in [0.05, 0.1) is 6.04 Å². The van der Waals surface area contributed by atoms with Crippen LogP contribution in [0.15, 0.2) is 24.3 Å². The second-order valence-corrected chi connectivity index (χ2v) is 4.73. The average Bonchev–Trinajstić information content (AvgIpc) is 2.27. The van der Waals surface area contributed by atoms with Crippen molar-refractivity contribution in [2.75, 3.05) is 5.32 Å². The highest BCUT2D eigenvalue weighted by Gasteiger charge is 2.09. The van der Waals surface area contributed by atoms with Crippen molar-refractivity contribution in [2.45, 2.75) is 13.0 Å². The van der Waals surface area contributed by atoms with Gasteiger partial charge in [0.15, 0.2) is 0 Å². The fourth-order valence-electron chi connectivity index (χ4n) is 1.44. The van der Waals surface area contributed by atoms with E-state index in [9.17, 15) is 0 Å². The zero-order chi connectivity index (χ0) is 13.1. The Balaban J connectivity index is 2.18. The molecular formula is C11H9Cl3N4. The summed E-state index contributed by atoms with van der Waals surface area (Å²) in [4.78, 5) is 11.5. The first kappa shape index (κ1) is 13.3. The van der Waals surface area contributed by atoms with E-state index in [4.69, 9.17) is 34.8 Å². The van der Waals surface area contributed by atoms with Crippen LogP contribution < -0.4 is 5.32 Å². The lowest BCUT2D eigenvalue weighted by atomic mass is 10.1. The summed E-state index contributed by atoms with van der Waals surface area (Å²) in [5, 5.41) is 3.85. The summed E-state index contributed by atoms with van der Waals surface area (Å²) < 4.78 is 0. The Morgan fingerprint density at radius 2 is 1.72 bits per heavy atom. The highest BCUT2D eigenvalue weighted by atomic mass is 35.5. The molecule has 0 radical (unpaired) electrons. The SMILES string of the molecule is CC(Nc1nc(Cl)nc(Cl)n1)c1cccc(Cl)c1. The molecule has 1 heterocycles. The molecule has 0 spiro atoms. The van der Waals surface area contributed by atoms with E-state index in [0.717, 1.165) is 5.56 Å². The highest BCUT2D eigenvalue weighted by Crippen LogP contribution is 2.21. The van der Waals surface area contributed by atoms with Crippen LogP contribution in [-0.4, -0.2) is 15.0 Å². The molecule has 0 aliphatic heterocycles. The Morgan fingerprint density at radius 1 is 1.06 bits per heavy atom. The largest absolute Gasteiger partial charge is 0.348 e. The second-order valence-electron chi connectivity index (χ2n) is 3.62. The Kier molecular flexibility index (Phi) is 4.22. The van der Waals surface area contributed by atoms with Gasteiger partial charge < -0.3 is 5.32 Å². The van der Waals surface area contributed by atoms with Crippen LogP contribution in [0.4, 0.5) is 5.95 Å². The number of hydrogen-bond acceptors (Lipinski definition) is 4. The molecular weight excluding hydrogens is 295 g/mol. The number of halogens is 3. The Labute approximate surface area is 119 Å². The van der Waals surface area contributed by atoms with Gasteiger partial charge in [-0.05, 0) is 47.8 Å². The van der Waals surface area contributed by atoms with Crippen molar-refractivity contribution in [3.05, 3.63) is 45.4 Å². The maximum atomic E-state index is 5.93. The van der Waals surface area contributed by atoms with Crippen LogP contribution in [0.3, 0.4) is 0 Å². The van der Waals surface area contributed by atoms with E-state index in [1.165, 1.54) is 0 Å². The summed E-state index contributed by atoms with van der Waals surface area (Å²) in [7, 11) is 0. The van der Waals surface area contributed by atoms with E-state index < -0.39 is 0 Å². The molecule has 0 aliphatic rings. The van der Waals surface area contributed by atoms with E-state index in [1.54, 1.807) is 0 Å². The van der Waals surface area contributed by atoms with E-state index in [1.807, 2.05) is 31.2 Å². The third-order valence-corrected chi connectivity index (χ3v) is 2.85. The summed E-state index contributed by atoms with van der Waals surface area (Å²) in [6.07, 6.45) is 0. The van der Waals surface area contributed by atoms with Crippen LogP contribution >= 0.6 is 34.8 Å². The van der Waals surface area contributed by atoms with Crippen LogP contribution in [0, 0.1) is 0 Å². The van der Waals surface area contributed by atoms with Crippen LogP contribution in [0.1, 0.15) is 18.5 Å². The molecule has 0 saturated carbocycles. The molecule has 18 heavy (non-hydrogen) atoms. The van der Waals surface area contributed by atoms with Gasteiger partial charge in [0.25, 0.3) is 0 Å². The van der Waals surface area contributed by atoms with Gasteiger partial charge in [0, 0.05) is 5.02 Å². The maximum absolute atomic E-state index is 5.93. The number of rotatable bonds is 3. The van der Waals surface area contributed by atoms with E-state index in [2.05, 4.69) is 20.3 Å². The molecule has 0 amide bonds. The van der Waals surface area contributed by atoms with Gasteiger partial charge in [-0.3, -0.25) is 0 Å². The van der Waals surface area contributed by atoms with Gasteiger partial charge >= 0.3 is 0 Å². The Hall–Kier alpha value is -1.10. The summed E-state index contributed by atoms with van der Waals surface area (Å²) in [6.45, 7) is 1.96. The lowest BCUT2D eigenvalue weighted by Gasteiger charge is -2.14. The first-order valence-electron chi connectivity index (χ1n) is 5.13. The van der Waals surface area contributed by atoms with Gasteiger partial charge in [-0.1, -0.05) is 23.7 Å². The molecule has 0 aliphatic carbocycles. The lowest BCUT2D eigenvalue weighted by Crippen LogP contribution is -2.10. The van der Waals surface area contributed by atoms with Crippen molar-refractivity contribution in [3.8, 4) is 0 Å². The van der Waals surface area contributed by atoms with E-state index in [0.29, 0.717) is 11.0 Å². The number of anilines is 1. The normalized spacial score (nSPS) is 12.2. The fourth-order valence-corrected chi connectivity index (χ4v) is 2.01. The second kappa shape index (κ2) is 5.69. The summed E-state index contributed by atoms with van der Waals surface area (Å²) in [5.41, 5.74) is 1.01. The minimum atomic E-state index is -0.0294. The van der Waals surface area contributed by atoms with Crippen molar-refractivity contribution in [3.63, 3.8) is 0 Å². The van der Waals surface area contributed by atoms with Gasteiger partial charge in [-0.2, -0.15) is 15.0 Å². The van der Waals surface area contributed by atoms with E-state index in [-0.39, 0.29) is 16.6 Å². The maximum Gasteiger partial charge on any atom is 0.228 e. The monoisotopic (exact) mass is 302 g/mol. The molecule has 1 aromatic carbocycles. The molecule has 7 heteroatoms. The van der Waals surface area contributed by atoms with Gasteiger partial charge in [0.1, 0.15) is 0 Å². The molecule has 0 fully saturated rings. The van der Waals surface area contributed by atoms with Crippen LogP contribution in [0.2, 0.25) is 15.6 Å². The molecule has 94 valence electrons. The summed E-state index contributed by atoms with van der Waals surface area (Å²) >= 11 is 17.3. The predicted octanol–water partition coefficient (Wildman–Crippen LogP) is 4.00. The van der Waals surface area contributed by atoms with Crippen molar-refractivity contribution < 1.29 is 0 Å². The zero-order valence-electron chi connectivity index (χ0n) is 9.36. The standard InChI is InChI=1S/C11H9Cl3N4/c1-6(7-3-2-4-8(12)5-7)15-11-17-9(13)16-10(14)18-11/h2-6H,1H3,(H,15,16,17,18). The third kappa shape index (κ3) is 3.45. The van der Waals surface area contributed by atoms with Crippen molar-refractivity contribution in [2.24, 2.45) is 0 Å². The number of nitrogens with zero attached hydrogens (tertiary/aromatic N) is 3. The fraction of sp³-hybridized carbons (Fsp3) is 0.182. The van der Waals surface area contributed by atoms with Gasteiger partial charge in [-0.15, -0.1) is 0 Å². The molecule has 1 aromatic heterocycles. The summed E-state index contributed by atoms with van der Waals surface area (Å²) in [5.74, 6) is 0.326. The molecule has 1 N–H and O–H groups in total. The predicted molar refractivity (Wildman–Crippen MR) is 73.3 cm³/mol. The van der Waals surface area contributed by atoms with Gasteiger partial charge in [-0.25, -0.2) is 0 Å². The number of nitrogens with one attached hydrogen (secondary N) is 1. The molecule has 1 unspecified atom stereocenters. The van der Waals surface area contributed by atoms with Crippen LogP contribution in [0.5, 0.6) is 0 Å². The minimum Gasteiger partial charge on any atom is -0.348 e. The highest BCUT2D eigenvalue weighted by molar-refractivity contribution is 6.31. The first-order valence-corrected chi connectivity index (χ1v) is 6.27. The molecule has 4 nitrogen and oxygen atoms in total. The van der Waals surface area contributed by atoms with Crippen molar-refractivity contribution in [1.29, 1.82) is 0 Å². The Morgan fingerprint density at radius 3 is 2.33 bits per heavy atom. The molecule has 0 bridgehead atoms. The quantitative estimate of drug-likeness (QED) is 0.931. The molecule has 1 atom stereocenters. The topological polar surface area (TPSA) is 50.7 Å². The molecule has 0 saturated heterocycles. The first-order chi connectivity index (χ1) is 8.54. The van der Waals surface area contributed by atoms with E-state index >= 15 is 0 Å². The Bertz CT molecular complexity index is 541. The number of benzene rings is 1. The number of aromatic nitrogens is 3. The van der Waals surface area contributed by atoms with Crippen LogP contribution in [-0.2, 0) is 0 Å². The van der Waals surface area contributed by atoms with Crippen molar-refractivity contribution in [1.82, 2.24) is 15.0 Å². The summed E-state index contributed by atoms with van der Waals surface area (Å²) in [6, 6.07) is 7.48. The zero-order valence-corrected chi connectivity index (χ0v) is 11.6. The van der Waals surface area contributed by atoms with Gasteiger partial charge in [0.2, 0.25) is 16.5 Å². The van der Waals surface area contributed by atoms with Crippen molar-refractivity contribution >= 4 is 40.8 Å². The molecule has 2 rings (SSSR count). The number of hydrogen-bond donors (Lipinski definition) is 1. The lowest BCUT2D eigenvalue weighted by molar-refractivity contribution is 0.853. The minimum absolute atomic E-state index is 0.0294. The molecule has 2 aromatic rings. The smallest absolute Gasteiger partial charge is 0.228 e.